The second-order valence-corrected chi connectivity index (χ2v) is 4.89. The molecule has 1 N–H and O–H groups in total. The van der Waals surface area contributed by atoms with Gasteiger partial charge in [0.25, 0.3) is 0 Å². The molecule has 4 nitrogen and oxygen atoms in total. The van der Waals surface area contributed by atoms with Gasteiger partial charge in [-0.3, -0.25) is 0 Å². The van der Waals surface area contributed by atoms with Gasteiger partial charge in [0.2, 0.25) is 0 Å². The minimum absolute atomic E-state index is 0.737. The highest BCUT2D eigenvalue weighted by molar-refractivity contribution is 7.98. The summed E-state index contributed by atoms with van der Waals surface area (Å²) >= 11 is 1.88. The summed E-state index contributed by atoms with van der Waals surface area (Å²) in [6.07, 6.45) is 7.60. The van der Waals surface area contributed by atoms with Gasteiger partial charge in [0.15, 0.2) is 0 Å². The highest BCUT2D eigenvalue weighted by Gasteiger charge is 2.20. The van der Waals surface area contributed by atoms with Crippen molar-refractivity contribution in [3.63, 3.8) is 0 Å². The lowest BCUT2D eigenvalue weighted by Crippen LogP contribution is -2.19. The van der Waals surface area contributed by atoms with E-state index in [1.165, 1.54) is 25.0 Å². The van der Waals surface area contributed by atoms with Gasteiger partial charge in [-0.05, 0) is 31.3 Å². The summed E-state index contributed by atoms with van der Waals surface area (Å²) in [4.78, 5) is 4.28. The van der Waals surface area contributed by atoms with Crippen LogP contribution in [0.25, 0.3) is 0 Å². The SMILES string of the molecule is CSCCCn1ncnc1CNC1CC1. The third-order valence-electron chi connectivity index (χ3n) is 2.54. The lowest BCUT2D eigenvalue weighted by atomic mass is 10.4. The van der Waals surface area contributed by atoms with E-state index in [0.717, 1.165) is 25.0 Å². The molecule has 0 bridgehead atoms. The molecule has 84 valence electrons. The van der Waals surface area contributed by atoms with Crippen LogP contribution in [0.2, 0.25) is 0 Å². The average Bonchev–Trinajstić information content (AvgIpc) is 2.97. The first-order valence-electron chi connectivity index (χ1n) is 5.49. The van der Waals surface area contributed by atoms with Gasteiger partial charge in [-0.1, -0.05) is 0 Å². The maximum absolute atomic E-state index is 4.28. The van der Waals surface area contributed by atoms with E-state index in [0.29, 0.717) is 0 Å². The number of aryl methyl sites for hydroxylation is 1. The molecule has 15 heavy (non-hydrogen) atoms. The number of aromatic nitrogens is 3. The minimum Gasteiger partial charge on any atom is -0.307 e. The Hall–Kier alpha value is -0.550. The fourth-order valence-electron chi connectivity index (χ4n) is 1.49. The van der Waals surface area contributed by atoms with Crippen LogP contribution < -0.4 is 5.32 Å². The molecular weight excluding hydrogens is 208 g/mol. The Bertz CT molecular complexity index is 295. The molecule has 0 saturated heterocycles. The van der Waals surface area contributed by atoms with E-state index >= 15 is 0 Å². The molecule has 0 spiro atoms. The topological polar surface area (TPSA) is 42.7 Å². The molecular formula is C10H18N4S. The van der Waals surface area contributed by atoms with Crippen molar-refractivity contribution in [1.82, 2.24) is 20.1 Å². The van der Waals surface area contributed by atoms with Gasteiger partial charge < -0.3 is 5.32 Å². The Labute approximate surface area is 94.8 Å². The van der Waals surface area contributed by atoms with Crippen LogP contribution >= 0.6 is 11.8 Å². The van der Waals surface area contributed by atoms with E-state index in [1.54, 1.807) is 6.33 Å². The standard InChI is InChI=1S/C10H18N4S/c1-15-6-2-5-14-10(12-8-13-14)7-11-9-3-4-9/h8-9,11H,2-7H2,1H3. The quantitative estimate of drug-likeness (QED) is 0.711. The lowest BCUT2D eigenvalue weighted by Gasteiger charge is -2.05. The normalized spacial score (nSPS) is 15.8. The van der Waals surface area contributed by atoms with Crippen molar-refractivity contribution in [3.8, 4) is 0 Å². The summed E-state index contributed by atoms with van der Waals surface area (Å²) < 4.78 is 2.02. The van der Waals surface area contributed by atoms with Crippen LogP contribution in [-0.2, 0) is 13.1 Å². The van der Waals surface area contributed by atoms with E-state index in [-0.39, 0.29) is 0 Å². The summed E-state index contributed by atoms with van der Waals surface area (Å²) in [5.41, 5.74) is 0. The Balaban J connectivity index is 1.78. The molecule has 0 atom stereocenters. The second kappa shape index (κ2) is 5.51. The predicted molar refractivity (Wildman–Crippen MR) is 62.9 cm³/mol. The Morgan fingerprint density at radius 2 is 2.47 bits per heavy atom. The highest BCUT2D eigenvalue weighted by atomic mass is 32.2. The zero-order valence-electron chi connectivity index (χ0n) is 9.15. The summed E-state index contributed by atoms with van der Waals surface area (Å²) in [5.74, 6) is 2.26. The van der Waals surface area contributed by atoms with Gasteiger partial charge >= 0.3 is 0 Å². The third-order valence-corrected chi connectivity index (χ3v) is 3.24. The van der Waals surface area contributed by atoms with Gasteiger partial charge in [-0.15, -0.1) is 0 Å². The van der Waals surface area contributed by atoms with Gasteiger partial charge in [0, 0.05) is 12.6 Å². The Morgan fingerprint density at radius 3 is 3.20 bits per heavy atom. The first kappa shape index (κ1) is 11.0. The van der Waals surface area contributed by atoms with Crippen molar-refractivity contribution in [3.05, 3.63) is 12.2 Å². The molecule has 0 aliphatic heterocycles. The molecule has 1 saturated carbocycles. The van der Waals surface area contributed by atoms with Crippen molar-refractivity contribution < 1.29 is 0 Å². The van der Waals surface area contributed by atoms with Gasteiger partial charge in [-0.25, -0.2) is 9.67 Å². The smallest absolute Gasteiger partial charge is 0.140 e. The number of nitrogens with zero attached hydrogens (tertiary/aromatic N) is 3. The molecule has 1 fully saturated rings. The van der Waals surface area contributed by atoms with Crippen molar-refractivity contribution in [2.45, 2.75) is 38.4 Å². The van der Waals surface area contributed by atoms with Gasteiger partial charge in [0.1, 0.15) is 12.2 Å². The van der Waals surface area contributed by atoms with E-state index < -0.39 is 0 Å². The van der Waals surface area contributed by atoms with E-state index in [4.69, 9.17) is 0 Å². The lowest BCUT2D eigenvalue weighted by molar-refractivity contribution is 0.543. The van der Waals surface area contributed by atoms with Crippen LogP contribution in [-0.4, -0.2) is 32.8 Å². The number of rotatable bonds is 7. The Kier molecular flexibility index (Phi) is 4.02. The minimum atomic E-state index is 0.737. The van der Waals surface area contributed by atoms with Crippen molar-refractivity contribution in [2.75, 3.05) is 12.0 Å². The molecule has 0 unspecified atom stereocenters. The molecule has 1 heterocycles. The van der Waals surface area contributed by atoms with E-state index in [1.807, 2.05) is 16.4 Å². The van der Waals surface area contributed by atoms with Gasteiger partial charge in [-0.2, -0.15) is 16.9 Å². The molecule has 0 radical (unpaired) electrons. The zero-order chi connectivity index (χ0) is 10.5. The highest BCUT2D eigenvalue weighted by Crippen LogP contribution is 2.18. The number of hydrogen-bond donors (Lipinski definition) is 1. The van der Waals surface area contributed by atoms with E-state index in [2.05, 4.69) is 21.7 Å². The predicted octanol–water partition coefficient (Wildman–Crippen LogP) is 1.28. The van der Waals surface area contributed by atoms with Crippen LogP contribution in [0.5, 0.6) is 0 Å². The number of nitrogens with one attached hydrogen (secondary N) is 1. The van der Waals surface area contributed by atoms with Gasteiger partial charge in [0.05, 0.1) is 6.54 Å². The molecule has 0 aromatic carbocycles. The fourth-order valence-corrected chi connectivity index (χ4v) is 1.91. The molecule has 5 heteroatoms. The fraction of sp³-hybridized carbons (Fsp3) is 0.800. The molecule has 1 aromatic heterocycles. The van der Waals surface area contributed by atoms with Crippen LogP contribution in [0.15, 0.2) is 6.33 Å². The Morgan fingerprint density at radius 1 is 1.60 bits per heavy atom. The second-order valence-electron chi connectivity index (χ2n) is 3.90. The number of hydrogen-bond acceptors (Lipinski definition) is 4. The molecule has 1 aliphatic carbocycles. The summed E-state index contributed by atoms with van der Waals surface area (Å²) in [6, 6.07) is 0.737. The third kappa shape index (κ3) is 3.50. The van der Waals surface area contributed by atoms with E-state index in [9.17, 15) is 0 Å². The summed E-state index contributed by atoms with van der Waals surface area (Å²) in [5, 5.41) is 7.70. The monoisotopic (exact) mass is 226 g/mol. The largest absolute Gasteiger partial charge is 0.307 e. The summed E-state index contributed by atoms with van der Waals surface area (Å²) in [6.45, 7) is 1.85. The van der Waals surface area contributed by atoms with Crippen LogP contribution in [0.1, 0.15) is 25.1 Å². The maximum Gasteiger partial charge on any atom is 0.140 e. The first-order chi connectivity index (χ1) is 7.40. The van der Waals surface area contributed by atoms with Crippen molar-refractivity contribution in [2.24, 2.45) is 0 Å². The van der Waals surface area contributed by atoms with Crippen molar-refractivity contribution in [1.29, 1.82) is 0 Å². The van der Waals surface area contributed by atoms with Crippen molar-refractivity contribution >= 4 is 11.8 Å². The van der Waals surface area contributed by atoms with Crippen LogP contribution in [0, 0.1) is 0 Å². The average molecular weight is 226 g/mol. The van der Waals surface area contributed by atoms with Crippen LogP contribution in [0.3, 0.4) is 0 Å². The first-order valence-corrected chi connectivity index (χ1v) is 6.88. The zero-order valence-corrected chi connectivity index (χ0v) is 9.96. The van der Waals surface area contributed by atoms with Crippen LogP contribution in [0.4, 0.5) is 0 Å². The maximum atomic E-state index is 4.28. The molecule has 1 aliphatic rings. The summed E-state index contributed by atoms with van der Waals surface area (Å²) in [7, 11) is 0. The molecule has 0 amide bonds. The number of thioether (sulfide) groups is 1. The molecule has 1 aromatic rings. The molecule has 2 rings (SSSR count).